The van der Waals surface area contributed by atoms with Crippen molar-refractivity contribution in [1.82, 2.24) is 4.90 Å². The van der Waals surface area contributed by atoms with Crippen molar-refractivity contribution in [3.8, 4) is 0 Å². The first kappa shape index (κ1) is 13.5. The number of likely N-dealkylation sites (tertiary alicyclic amines) is 1. The van der Waals surface area contributed by atoms with Crippen molar-refractivity contribution >= 4 is 0 Å². The lowest BCUT2D eigenvalue weighted by molar-refractivity contribution is 0.0914. The summed E-state index contributed by atoms with van der Waals surface area (Å²) in [6.45, 7) is 5.95. The second-order valence-corrected chi connectivity index (χ2v) is 5.49. The minimum absolute atomic E-state index is 0.315. The molecule has 2 unspecified atom stereocenters. The molecule has 0 saturated carbocycles. The van der Waals surface area contributed by atoms with E-state index in [9.17, 15) is 9.50 Å². The fraction of sp³-hybridized carbons (Fsp3) is 0.600. The molecule has 1 fully saturated rings. The van der Waals surface area contributed by atoms with Gasteiger partial charge in [-0.15, -0.1) is 0 Å². The zero-order chi connectivity index (χ0) is 13.1. The molecule has 0 radical (unpaired) electrons. The first-order valence-corrected chi connectivity index (χ1v) is 6.76. The number of β-amino-alcohol motifs (C(OH)–C–C–N with tert-alkyl or cyclic N) is 1. The number of benzene rings is 1. The van der Waals surface area contributed by atoms with Crippen molar-refractivity contribution < 1.29 is 9.50 Å². The summed E-state index contributed by atoms with van der Waals surface area (Å²) < 4.78 is 13.6. The summed E-state index contributed by atoms with van der Waals surface area (Å²) in [4.78, 5) is 2.29. The van der Waals surface area contributed by atoms with Gasteiger partial charge in [0.1, 0.15) is 5.82 Å². The molecule has 100 valence electrons. The fourth-order valence-corrected chi connectivity index (χ4v) is 2.90. The Hall–Kier alpha value is -0.930. The van der Waals surface area contributed by atoms with Crippen molar-refractivity contribution in [1.29, 1.82) is 0 Å². The van der Waals surface area contributed by atoms with Crippen molar-refractivity contribution in [3.63, 3.8) is 0 Å². The topological polar surface area (TPSA) is 23.5 Å². The Morgan fingerprint density at radius 2 is 2.11 bits per heavy atom. The second kappa shape index (κ2) is 5.81. The molecular weight excluding hydrogens is 229 g/mol. The average molecular weight is 251 g/mol. The lowest BCUT2D eigenvalue weighted by atomic mass is 10.0. The molecule has 2 rings (SSSR count). The molecule has 0 bridgehead atoms. The van der Waals surface area contributed by atoms with Gasteiger partial charge in [0.2, 0.25) is 0 Å². The molecule has 1 aromatic carbocycles. The van der Waals surface area contributed by atoms with E-state index in [1.165, 1.54) is 18.9 Å². The van der Waals surface area contributed by atoms with E-state index in [1.807, 2.05) is 0 Å². The highest BCUT2D eigenvalue weighted by Crippen LogP contribution is 2.27. The standard InChI is InChI=1S/C15H22FNO/c1-11(2)14-8-5-9-17(14)10-15(18)12-6-3-4-7-13(12)16/h3-4,6-7,11,14-15,18H,5,8-10H2,1-2H3. The SMILES string of the molecule is CC(C)C1CCCN1CC(O)c1ccccc1F. The molecule has 1 saturated heterocycles. The zero-order valence-corrected chi connectivity index (χ0v) is 11.1. The Morgan fingerprint density at radius 3 is 2.78 bits per heavy atom. The molecule has 0 spiro atoms. The Bertz CT molecular complexity index is 394. The van der Waals surface area contributed by atoms with Gasteiger partial charge in [-0.3, -0.25) is 4.90 Å². The van der Waals surface area contributed by atoms with E-state index in [0.29, 0.717) is 24.1 Å². The number of hydrogen-bond donors (Lipinski definition) is 1. The molecule has 0 aromatic heterocycles. The van der Waals surface area contributed by atoms with Gasteiger partial charge in [0.15, 0.2) is 0 Å². The van der Waals surface area contributed by atoms with Crippen LogP contribution in [0.2, 0.25) is 0 Å². The maximum Gasteiger partial charge on any atom is 0.129 e. The molecule has 1 aromatic rings. The van der Waals surface area contributed by atoms with E-state index < -0.39 is 6.10 Å². The van der Waals surface area contributed by atoms with E-state index in [0.717, 1.165) is 6.54 Å². The van der Waals surface area contributed by atoms with Crippen molar-refractivity contribution in [2.75, 3.05) is 13.1 Å². The largest absolute Gasteiger partial charge is 0.387 e. The summed E-state index contributed by atoms with van der Waals surface area (Å²) in [5.41, 5.74) is 0.409. The number of nitrogens with zero attached hydrogens (tertiary/aromatic N) is 1. The van der Waals surface area contributed by atoms with Crippen LogP contribution in [-0.2, 0) is 0 Å². The van der Waals surface area contributed by atoms with Gasteiger partial charge in [0.05, 0.1) is 6.10 Å². The number of aliphatic hydroxyl groups excluding tert-OH is 1. The molecule has 1 N–H and O–H groups in total. The van der Waals surface area contributed by atoms with E-state index in [-0.39, 0.29) is 5.82 Å². The third kappa shape index (κ3) is 2.90. The molecule has 18 heavy (non-hydrogen) atoms. The van der Waals surface area contributed by atoms with Gasteiger partial charge in [-0.2, -0.15) is 0 Å². The summed E-state index contributed by atoms with van der Waals surface area (Å²) in [5, 5.41) is 10.2. The van der Waals surface area contributed by atoms with Crippen LogP contribution in [0.4, 0.5) is 4.39 Å². The lowest BCUT2D eigenvalue weighted by Crippen LogP contribution is -2.36. The number of halogens is 1. The predicted octanol–water partition coefficient (Wildman–Crippen LogP) is 2.98. The van der Waals surface area contributed by atoms with Gasteiger partial charge in [-0.25, -0.2) is 4.39 Å². The molecule has 1 aliphatic rings. The normalized spacial score (nSPS) is 22.6. The van der Waals surface area contributed by atoms with Crippen LogP contribution in [0.25, 0.3) is 0 Å². The number of hydrogen-bond acceptors (Lipinski definition) is 2. The van der Waals surface area contributed by atoms with Gasteiger partial charge in [-0.1, -0.05) is 32.0 Å². The van der Waals surface area contributed by atoms with Crippen LogP contribution in [-0.4, -0.2) is 29.1 Å². The van der Waals surface area contributed by atoms with E-state index >= 15 is 0 Å². The van der Waals surface area contributed by atoms with Crippen LogP contribution in [0.3, 0.4) is 0 Å². The van der Waals surface area contributed by atoms with Crippen LogP contribution in [0.1, 0.15) is 38.4 Å². The summed E-state index contributed by atoms with van der Waals surface area (Å²) in [6.07, 6.45) is 1.62. The summed E-state index contributed by atoms with van der Waals surface area (Å²) in [7, 11) is 0. The highest BCUT2D eigenvalue weighted by molar-refractivity contribution is 5.20. The molecule has 1 heterocycles. The summed E-state index contributed by atoms with van der Waals surface area (Å²) in [6, 6.07) is 7.01. The van der Waals surface area contributed by atoms with Gasteiger partial charge in [0.25, 0.3) is 0 Å². The van der Waals surface area contributed by atoms with Crippen LogP contribution in [0, 0.1) is 11.7 Å². The van der Waals surface area contributed by atoms with Crippen molar-refractivity contribution in [2.45, 2.75) is 38.8 Å². The second-order valence-electron chi connectivity index (χ2n) is 5.49. The maximum absolute atomic E-state index is 13.6. The number of aliphatic hydroxyl groups is 1. The van der Waals surface area contributed by atoms with Crippen LogP contribution >= 0.6 is 0 Å². The van der Waals surface area contributed by atoms with Gasteiger partial charge in [0, 0.05) is 18.2 Å². The molecule has 3 heteroatoms. The van der Waals surface area contributed by atoms with Crippen LogP contribution in [0.5, 0.6) is 0 Å². The Balaban J connectivity index is 2.03. The summed E-state index contributed by atoms with van der Waals surface area (Å²) in [5.74, 6) is 0.269. The molecule has 2 atom stereocenters. The fourth-order valence-electron chi connectivity index (χ4n) is 2.90. The van der Waals surface area contributed by atoms with Gasteiger partial charge in [-0.05, 0) is 31.4 Å². The molecular formula is C15H22FNO. The first-order chi connectivity index (χ1) is 8.59. The Morgan fingerprint density at radius 1 is 1.39 bits per heavy atom. The van der Waals surface area contributed by atoms with E-state index in [4.69, 9.17) is 0 Å². The lowest BCUT2D eigenvalue weighted by Gasteiger charge is -2.29. The zero-order valence-electron chi connectivity index (χ0n) is 11.1. The Labute approximate surface area is 108 Å². The van der Waals surface area contributed by atoms with Gasteiger partial charge < -0.3 is 5.11 Å². The van der Waals surface area contributed by atoms with Crippen LogP contribution < -0.4 is 0 Å². The third-order valence-electron chi connectivity index (χ3n) is 3.86. The summed E-state index contributed by atoms with van der Waals surface area (Å²) >= 11 is 0. The van der Waals surface area contributed by atoms with Crippen molar-refractivity contribution in [2.24, 2.45) is 5.92 Å². The molecule has 0 amide bonds. The highest BCUT2D eigenvalue weighted by atomic mass is 19.1. The smallest absolute Gasteiger partial charge is 0.129 e. The predicted molar refractivity (Wildman–Crippen MR) is 70.8 cm³/mol. The van der Waals surface area contributed by atoms with Gasteiger partial charge >= 0.3 is 0 Å². The minimum Gasteiger partial charge on any atom is -0.387 e. The average Bonchev–Trinajstić information content (AvgIpc) is 2.77. The molecule has 0 aliphatic carbocycles. The third-order valence-corrected chi connectivity index (χ3v) is 3.86. The minimum atomic E-state index is -0.731. The Kier molecular flexibility index (Phi) is 4.36. The molecule has 1 aliphatic heterocycles. The molecule has 2 nitrogen and oxygen atoms in total. The quantitative estimate of drug-likeness (QED) is 0.889. The van der Waals surface area contributed by atoms with Crippen LogP contribution in [0.15, 0.2) is 24.3 Å². The first-order valence-electron chi connectivity index (χ1n) is 6.76. The maximum atomic E-state index is 13.6. The monoisotopic (exact) mass is 251 g/mol. The number of rotatable bonds is 4. The van der Waals surface area contributed by atoms with E-state index in [1.54, 1.807) is 18.2 Å². The van der Waals surface area contributed by atoms with E-state index in [2.05, 4.69) is 18.7 Å². The van der Waals surface area contributed by atoms with Crippen molar-refractivity contribution in [3.05, 3.63) is 35.6 Å². The highest BCUT2D eigenvalue weighted by Gasteiger charge is 2.29.